The second-order valence-corrected chi connectivity index (χ2v) is 5.30. The summed E-state index contributed by atoms with van der Waals surface area (Å²) in [5, 5.41) is 4.55. The van der Waals surface area contributed by atoms with Gasteiger partial charge in [-0.05, 0) is 55.2 Å². The van der Waals surface area contributed by atoms with E-state index in [1.807, 2.05) is 24.3 Å². The molecule has 102 valence electrons. The third-order valence-electron chi connectivity index (χ3n) is 4.08. The number of hydrogen-bond donors (Lipinski definition) is 1. The lowest BCUT2D eigenvalue weighted by molar-refractivity contribution is 0.371. The van der Waals surface area contributed by atoms with E-state index in [-0.39, 0.29) is 6.04 Å². The number of hydrazone groups is 1. The van der Waals surface area contributed by atoms with Crippen molar-refractivity contribution in [1.29, 1.82) is 0 Å². The Morgan fingerprint density at radius 2 is 2.10 bits per heavy atom. The zero-order valence-corrected chi connectivity index (χ0v) is 11.1. The number of nitrogens with zero attached hydrogens (tertiary/aromatic N) is 1. The lowest BCUT2D eigenvalue weighted by Crippen LogP contribution is -2.25. The van der Waals surface area contributed by atoms with Gasteiger partial charge in [0, 0.05) is 5.92 Å². The van der Waals surface area contributed by atoms with E-state index >= 15 is 0 Å². The second-order valence-electron chi connectivity index (χ2n) is 5.30. The molecule has 4 rings (SSSR count). The van der Waals surface area contributed by atoms with Crippen molar-refractivity contribution in [3.63, 3.8) is 0 Å². The van der Waals surface area contributed by atoms with Gasteiger partial charge in [0.2, 0.25) is 0 Å². The van der Waals surface area contributed by atoms with E-state index in [0.29, 0.717) is 5.92 Å². The largest absolute Gasteiger partial charge is 0.467 e. The van der Waals surface area contributed by atoms with Gasteiger partial charge >= 0.3 is 0 Å². The van der Waals surface area contributed by atoms with Gasteiger partial charge in [-0.15, -0.1) is 0 Å². The van der Waals surface area contributed by atoms with Crippen molar-refractivity contribution in [2.24, 2.45) is 11.0 Å². The summed E-state index contributed by atoms with van der Waals surface area (Å²) in [6.07, 6.45) is 8.91. The molecule has 4 heteroatoms. The van der Waals surface area contributed by atoms with Gasteiger partial charge in [0.1, 0.15) is 17.6 Å². The highest BCUT2D eigenvalue weighted by molar-refractivity contribution is 6.06. The van der Waals surface area contributed by atoms with Crippen LogP contribution in [-0.2, 0) is 0 Å². The maximum absolute atomic E-state index is 5.53. The summed E-state index contributed by atoms with van der Waals surface area (Å²) < 4.78 is 10.9. The van der Waals surface area contributed by atoms with Gasteiger partial charge in [0.15, 0.2) is 0 Å². The van der Waals surface area contributed by atoms with Crippen molar-refractivity contribution in [3.05, 3.63) is 53.9 Å². The smallest absolute Gasteiger partial charge is 0.128 e. The van der Waals surface area contributed by atoms with Crippen molar-refractivity contribution in [2.45, 2.75) is 25.3 Å². The molecule has 2 unspecified atom stereocenters. The van der Waals surface area contributed by atoms with Crippen LogP contribution in [0.5, 0.6) is 0 Å². The second kappa shape index (κ2) is 4.71. The summed E-state index contributed by atoms with van der Waals surface area (Å²) in [5.74, 6) is 2.26. The minimum absolute atomic E-state index is 0.167. The number of rotatable bonds is 2. The maximum Gasteiger partial charge on any atom is 0.128 e. The Kier molecular flexibility index (Phi) is 2.73. The molecular weight excluding hydrogens is 252 g/mol. The highest BCUT2D eigenvalue weighted by Crippen LogP contribution is 2.39. The van der Waals surface area contributed by atoms with Crippen molar-refractivity contribution in [1.82, 2.24) is 5.43 Å². The number of furan rings is 2. The van der Waals surface area contributed by atoms with Gasteiger partial charge in [0.25, 0.3) is 0 Å². The molecule has 0 amide bonds. The summed E-state index contributed by atoms with van der Waals surface area (Å²) in [6, 6.07) is 8.00. The fraction of sp³-hybridized carbons (Fsp3) is 0.312. The first-order chi connectivity index (χ1) is 9.92. The molecule has 3 heterocycles. The van der Waals surface area contributed by atoms with E-state index in [0.717, 1.165) is 30.1 Å². The van der Waals surface area contributed by atoms with Crippen LogP contribution in [0.4, 0.5) is 0 Å². The van der Waals surface area contributed by atoms with Crippen LogP contribution >= 0.6 is 0 Å². The number of fused-ring (bicyclic) bond motifs is 1. The van der Waals surface area contributed by atoms with Gasteiger partial charge in [-0.2, -0.15) is 5.10 Å². The first-order valence-corrected chi connectivity index (χ1v) is 7.03. The summed E-state index contributed by atoms with van der Waals surface area (Å²) in [5.41, 5.74) is 5.67. The van der Waals surface area contributed by atoms with E-state index in [1.165, 1.54) is 12.0 Å². The predicted octanol–water partition coefficient (Wildman–Crippen LogP) is 3.76. The monoisotopic (exact) mass is 268 g/mol. The molecule has 1 aliphatic heterocycles. The number of nitrogens with one attached hydrogen (secondary N) is 1. The quantitative estimate of drug-likeness (QED) is 0.902. The van der Waals surface area contributed by atoms with E-state index in [9.17, 15) is 0 Å². The molecule has 1 N–H and O–H groups in total. The molecule has 0 spiro atoms. The van der Waals surface area contributed by atoms with Gasteiger partial charge in [-0.1, -0.05) is 0 Å². The molecule has 2 aliphatic rings. The maximum atomic E-state index is 5.53. The lowest BCUT2D eigenvalue weighted by atomic mass is 9.79. The van der Waals surface area contributed by atoms with Crippen molar-refractivity contribution in [2.75, 3.05) is 0 Å². The SMILES string of the molecule is C(=C1CCCC2C1=NNC2c1ccco1)c1ccco1. The van der Waals surface area contributed by atoms with Crippen LogP contribution in [0.15, 0.2) is 56.3 Å². The Balaban J connectivity index is 1.63. The van der Waals surface area contributed by atoms with Crippen LogP contribution in [0.1, 0.15) is 36.8 Å². The summed E-state index contributed by atoms with van der Waals surface area (Å²) in [7, 11) is 0. The van der Waals surface area contributed by atoms with Crippen LogP contribution in [0, 0.1) is 5.92 Å². The molecule has 1 saturated carbocycles. The first kappa shape index (κ1) is 11.6. The number of allylic oxidation sites excluding steroid dienone is 1. The van der Waals surface area contributed by atoms with Crippen molar-refractivity contribution in [3.8, 4) is 0 Å². The Hall–Kier alpha value is -2.23. The van der Waals surface area contributed by atoms with Crippen molar-refractivity contribution < 1.29 is 8.83 Å². The van der Waals surface area contributed by atoms with E-state index < -0.39 is 0 Å². The summed E-state index contributed by atoms with van der Waals surface area (Å²) in [6.45, 7) is 0. The zero-order chi connectivity index (χ0) is 13.4. The Bertz CT molecular complexity index is 638. The fourth-order valence-corrected chi connectivity index (χ4v) is 3.15. The molecular formula is C16H16N2O2. The fourth-order valence-electron chi connectivity index (χ4n) is 3.15. The zero-order valence-electron chi connectivity index (χ0n) is 11.1. The summed E-state index contributed by atoms with van der Waals surface area (Å²) >= 11 is 0. The van der Waals surface area contributed by atoms with Gasteiger partial charge < -0.3 is 8.83 Å². The molecule has 2 aromatic rings. The van der Waals surface area contributed by atoms with Crippen LogP contribution in [-0.4, -0.2) is 5.71 Å². The van der Waals surface area contributed by atoms with Crippen LogP contribution in [0.25, 0.3) is 6.08 Å². The van der Waals surface area contributed by atoms with E-state index in [4.69, 9.17) is 8.83 Å². The minimum atomic E-state index is 0.167. The Labute approximate surface area is 117 Å². The van der Waals surface area contributed by atoms with Gasteiger partial charge in [0.05, 0.1) is 18.2 Å². The van der Waals surface area contributed by atoms with Gasteiger partial charge in [-0.3, -0.25) is 5.43 Å². The summed E-state index contributed by atoms with van der Waals surface area (Å²) in [4.78, 5) is 0. The standard InChI is InChI=1S/C16H16N2O2/c1-4-11(10-12-5-2-8-19-12)15-13(6-1)16(18-17-15)14-7-3-9-20-14/h2-3,5,7-10,13,16,18H,1,4,6H2. The molecule has 4 nitrogen and oxygen atoms in total. The highest BCUT2D eigenvalue weighted by Gasteiger charge is 2.38. The molecule has 0 bridgehead atoms. The Morgan fingerprint density at radius 1 is 1.20 bits per heavy atom. The van der Waals surface area contributed by atoms with E-state index in [1.54, 1.807) is 12.5 Å². The average molecular weight is 268 g/mol. The molecule has 2 aromatic heterocycles. The first-order valence-electron chi connectivity index (χ1n) is 7.03. The molecule has 20 heavy (non-hydrogen) atoms. The molecule has 0 aromatic carbocycles. The van der Waals surface area contributed by atoms with E-state index in [2.05, 4.69) is 16.6 Å². The van der Waals surface area contributed by atoms with Crippen LogP contribution in [0.3, 0.4) is 0 Å². The van der Waals surface area contributed by atoms with Crippen LogP contribution in [0.2, 0.25) is 0 Å². The average Bonchev–Trinajstić information content (AvgIpc) is 3.20. The topological polar surface area (TPSA) is 50.7 Å². The third-order valence-corrected chi connectivity index (χ3v) is 4.08. The Morgan fingerprint density at radius 3 is 2.90 bits per heavy atom. The normalized spacial score (nSPS) is 27.2. The van der Waals surface area contributed by atoms with Gasteiger partial charge in [-0.25, -0.2) is 0 Å². The lowest BCUT2D eigenvalue weighted by Gasteiger charge is -2.24. The predicted molar refractivity (Wildman–Crippen MR) is 76.0 cm³/mol. The minimum Gasteiger partial charge on any atom is -0.467 e. The molecule has 1 aliphatic carbocycles. The highest BCUT2D eigenvalue weighted by atomic mass is 16.3. The third kappa shape index (κ3) is 1.88. The van der Waals surface area contributed by atoms with Crippen molar-refractivity contribution >= 4 is 11.8 Å². The molecule has 2 atom stereocenters. The molecule has 0 saturated heterocycles. The number of hydrogen-bond acceptors (Lipinski definition) is 4. The molecule has 1 fully saturated rings. The molecule has 0 radical (unpaired) electrons. The van der Waals surface area contributed by atoms with Crippen LogP contribution < -0.4 is 5.43 Å².